The second-order valence-corrected chi connectivity index (χ2v) is 7.85. The monoisotopic (exact) mass is 387 g/mol. The summed E-state index contributed by atoms with van der Waals surface area (Å²) < 4.78 is 45.5. The number of nitrogens with two attached hydrogens (primary N) is 1. The molecule has 1 aromatic heterocycles. The van der Waals surface area contributed by atoms with Crippen molar-refractivity contribution in [1.82, 2.24) is 4.72 Å². The van der Waals surface area contributed by atoms with Gasteiger partial charge in [-0.05, 0) is 32.9 Å². The first-order valence-electron chi connectivity index (χ1n) is 7.58. The second-order valence-electron chi connectivity index (χ2n) is 6.11. The van der Waals surface area contributed by atoms with Gasteiger partial charge in [0.15, 0.2) is 0 Å². The zero-order valence-corrected chi connectivity index (χ0v) is 16.2. The largest absolute Gasteiger partial charge is 0.395 e. The van der Waals surface area contributed by atoms with Crippen molar-refractivity contribution in [3.05, 3.63) is 53.5 Å². The van der Waals surface area contributed by atoms with Gasteiger partial charge in [0.05, 0.1) is 24.5 Å². The van der Waals surface area contributed by atoms with E-state index < -0.39 is 21.4 Å². The summed E-state index contributed by atoms with van der Waals surface area (Å²) in [5.74, 6) is 3.81. The average molecular weight is 387 g/mol. The lowest BCUT2D eigenvalue weighted by Gasteiger charge is -2.24. The molecule has 2 aromatic rings. The maximum Gasteiger partial charge on any atom is 0.395 e. The Morgan fingerprint density at radius 2 is 1.73 bits per heavy atom. The van der Waals surface area contributed by atoms with Crippen LogP contribution in [0.3, 0.4) is 0 Å². The summed E-state index contributed by atoms with van der Waals surface area (Å²) in [7, 11) is -2.14. The molecule has 1 aromatic carbocycles. The van der Waals surface area contributed by atoms with Crippen LogP contribution in [0.25, 0.3) is 11.3 Å². The molecule has 2 rings (SSSR count). The minimum Gasteiger partial charge on any atom is -0.222 e. The summed E-state index contributed by atoms with van der Waals surface area (Å²) in [5.41, 5.74) is 0.785. The SMILES string of the molecule is COON.Cc1ccc(-c2[o+]ccc(C(C)(C)NS(C)(=O)=O)c2F)cc1. The molecule has 0 unspecified atom stereocenters. The van der Waals surface area contributed by atoms with E-state index in [4.69, 9.17) is 4.42 Å². The molecule has 1 heterocycles. The summed E-state index contributed by atoms with van der Waals surface area (Å²) >= 11 is 0. The van der Waals surface area contributed by atoms with Crippen molar-refractivity contribution in [2.75, 3.05) is 13.4 Å². The van der Waals surface area contributed by atoms with Gasteiger partial charge in [-0.25, -0.2) is 22.4 Å². The molecule has 0 aliphatic rings. The quantitative estimate of drug-likeness (QED) is 0.465. The van der Waals surface area contributed by atoms with Crippen LogP contribution in [0.4, 0.5) is 4.39 Å². The molecular formula is C17H24FN2O5S+. The lowest BCUT2D eigenvalue weighted by molar-refractivity contribution is -0.277. The molecule has 0 fully saturated rings. The van der Waals surface area contributed by atoms with Gasteiger partial charge in [-0.2, -0.15) is 10.3 Å². The number of nitrogens with one attached hydrogen (secondary N) is 1. The van der Waals surface area contributed by atoms with E-state index >= 15 is 0 Å². The molecule has 0 saturated heterocycles. The molecule has 0 aliphatic heterocycles. The third kappa shape index (κ3) is 6.43. The van der Waals surface area contributed by atoms with E-state index in [-0.39, 0.29) is 11.3 Å². The molecule has 0 spiro atoms. The average Bonchev–Trinajstić information content (AvgIpc) is 2.54. The van der Waals surface area contributed by atoms with Crippen molar-refractivity contribution in [3.8, 4) is 11.3 Å². The van der Waals surface area contributed by atoms with E-state index in [1.165, 1.54) is 19.4 Å². The highest BCUT2D eigenvalue weighted by Crippen LogP contribution is 2.31. The Morgan fingerprint density at radius 3 is 2.19 bits per heavy atom. The zero-order chi connectivity index (χ0) is 20.0. The first-order valence-corrected chi connectivity index (χ1v) is 9.47. The Labute approximate surface area is 152 Å². The van der Waals surface area contributed by atoms with Gasteiger partial charge in [-0.15, -0.1) is 4.99 Å². The normalized spacial score (nSPS) is 11.7. The molecule has 0 radical (unpaired) electrons. The summed E-state index contributed by atoms with van der Waals surface area (Å²) in [6.45, 7) is 5.14. The lowest BCUT2D eigenvalue weighted by Crippen LogP contribution is -2.41. The van der Waals surface area contributed by atoms with Gasteiger partial charge >= 0.3 is 12.0 Å². The first kappa shape index (κ1) is 22.1. The topological polar surface area (TPSA) is 102 Å². The summed E-state index contributed by atoms with van der Waals surface area (Å²) in [6.07, 6.45) is 2.40. The summed E-state index contributed by atoms with van der Waals surface area (Å²) in [6, 6.07) is 8.68. The van der Waals surface area contributed by atoms with Crippen LogP contribution in [0.1, 0.15) is 25.0 Å². The second kappa shape index (κ2) is 9.15. The Bertz CT molecular complexity index is 822. The molecule has 9 heteroatoms. The van der Waals surface area contributed by atoms with E-state index in [9.17, 15) is 12.8 Å². The van der Waals surface area contributed by atoms with Crippen molar-refractivity contribution < 1.29 is 27.1 Å². The number of aryl methyl sites for hydroxylation is 1. The van der Waals surface area contributed by atoms with E-state index in [0.717, 1.165) is 11.8 Å². The molecule has 144 valence electrons. The number of rotatable bonds is 5. The van der Waals surface area contributed by atoms with E-state index in [0.29, 0.717) is 5.56 Å². The third-order valence-electron chi connectivity index (χ3n) is 3.38. The van der Waals surface area contributed by atoms with Gasteiger partial charge in [-0.1, -0.05) is 17.7 Å². The van der Waals surface area contributed by atoms with Gasteiger partial charge in [0.25, 0.3) is 0 Å². The number of hydrogen-bond acceptors (Lipinski definition) is 5. The molecule has 3 N–H and O–H groups in total. The Balaban J connectivity index is 0.000000765. The smallest absolute Gasteiger partial charge is 0.222 e. The van der Waals surface area contributed by atoms with Gasteiger partial charge < -0.3 is 0 Å². The minimum absolute atomic E-state index is 0.0841. The fourth-order valence-electron chi connectivity index (χ4n) is 2.32. The Morgan fingerprint density at radius 1 is 1.19 bits per heavy atom. The maximum absolute atomic E-state index is 14.8. The number of sulfonamides is 1. The van der Waals surface area contributed by atoms with Crippen molar-refractivity contribution in [2.24, 2.45) is 5.90 Å². The molecule has 0 saturated carbocycles. The van der Waals surface area contributed by atoms with E-state index in [1.807, 2.05) is 19.1 Å². The van der Waals surface area contributed by atoms with Crippen molar-refractivity contribution in [1.29, 1.82) is 0 Å². The van der Waals surface area contributed by atoms with Crippen molar-refractivity contribution >= 4 is 10.0 Å². The van der Waals surface area contributed by atoms with Gasteiger partial charge in [0.1, 0.15) is 0 Å². The number of hydrogen-bond donors (Lipinski definition) is 2. The van der Waals surface area contributed by atoms with E-state index in [2.05, 4.69) is 20.5 Å². The van der Waals surface area contributed by atoms with Crippen LogP contribution in [0.15, 0.2) is 41.0 Å². The molecule has 7 nitrogen and oxygen atoms in total. The van der Waals surface area contributed by atoms with Crippen LogP contribution in [-0.2, 0) is 25.4 Å². The van der Waals surface area contributed by atoms with Crippen LogP contribution in [-0.4, -0.2) is 21.8 Å². The standard InChI is InChI=1S/C16H19FNO3S.CH5NO2/c1-11-5-7-12(8-6-11)15-14(17)13(9-10-21-15)16(2,3)18-22(4,19)20;1-3-4-2/h5-10,18H,1-4H3;2H2,1H3/q+1;. The third-order valence-corrected chi connectivity index (χ3v) is 4.26. The fourth-order valence-corrected chi connectivity index (χ4v) is 3.36. The van der Waals surface area contributed by atoms with Crippen LogP contribution < -0.4 is 10.6 Å². The van der Waals surface area contributed by atoms with E-state index in [1.54, 1.807) is 26.0 Å². The Hall–Kier alpha value is -1.91. The predicted octanol–water partition coefficient (Wildman–Crippen LogP) is 2.90. The zero-order valence-electron chi connectivity index (χ0n) is 15.4. The van der Waals surface area contributed by atoms with Crippen LogP contribution in [0.5, 0.6) is 0 Å². The lowest BCUT2D eigenvalue weighted by atomic mass is 9.94. The Kier molecular flexibility index (Phi) is 7.79. The molecule has 0 amide bonds. The highest BCUT2D eigenvalue weighted by atomic mass is 32.2. The summed E-state index contributed by atoms with van der Waals surface area (Å²) in [4.78, 5) is 7.36. The number of halogens is 1. The highest BCUT2D eigenvalue weighted by Gasteiger charge is 2.33. The molecule has 0 atom stereocenters. The molecule has 0 bridgehead atoms. The molecule has 26 heavy (non-hydrogen) atoms. The highest BCUT2D eigenvalue weighted by molar-refractivity contribution is 7.88. The van der Waals surface area contributed by atoms with Crippen LogP contribution in [0.2, 0.25) is 0 Å². The molecular weight excluding hydrogens is 363 g/mol. The van der Waals surface area contributed by atoms with Gasteiger partial charge in [0, 0.05) is 11.6 Å². The summed E-state index contributed by atoms with van der Waals surface area (Å²) in [5, 5.41) is 0. The predicted molar refractivity (Wildman–Crippen MR) is 96.5 cm³/mol. The fraction of sp³-hybridized carbons (Fsp3) is 0.353. The van der Waals surface area contributed by atoms with Gasteiger partial charge in [-0.3, -0.25) is 0 Å². The van der Waals surface area contributed by atoms with Crippen molar-refractivity contribution in [3.63, 3.8) is 0 Å². The maximum atomic E-state index is 14.8. The van der Waals surface area contributed by atoms with Crippen LogP contribution >= 0.6 is 0 Å². The first-order chi connectivity index (χ1) is 12.0. The minimum atomic E-state index is -3.48. The van der Waals surface area contributed by atoms with Crippen LogP contribution in [0, 0.1) is 12.7 Å². The number of benzene rings is 1. The van der Waals surface area contributed by atoms with Crippen molar-refractivity contribution in [2.45, 2.75) is 26.3 Å². The van der Waals surface area contributed by atoms with Gasteiger partial charge in [0.2, 0.25) is 15.8 Å². The molecule has 0 aliphatic carbocycles.